The molecule has 1 aliphatic heterocycles. The Balaban J connectivity index is 2.08. The van der Waals surface area contributed by atoms with Gasteiger partial charge in [-0.25, -0.2) is 0 Å². The largest absolute Gasteiger partial charge is 0.486 e. The lowest BCUT2D eigenvalue weighted by Crippen LogP contribution is -2.18. The maximum Gasteiger partial charge on any atom is 0.250 e. The lowest BCUT2D eigenvalue weighted by atomic mass is 10.2. The second-order valence-corrected chi connectivity index (χ2v) is 3.34. The number of amides is 1. The zero-order chi connectivity index (χ0) is 11.4. The average Bonchev–Trinajstić information content (AvgIpc) is 2.29. The molecule has 16 heavy (non-hydrogen) atoms. The number of methoxy groups -OCH3 is 1. The van der Waals surface area contributed by atoms with Crippen molar-refractivity contribution in [1.82, 2.24) is 0 Å². The van der Waals surface area contributed by atoms with E-state index in [-0.39, 0.29) is 12.5 Å². The molecule has 0 saturated heterocycles. The molecular weight excluding hydrogens is 210 g/mol. The van der Waals surface area contributed by atoms with Gasteiger partial charge in [0.2, 0.25) is 5.91 Å². The molecule has 0 aromatic heterocycles. The third kappa shape index (κ3) is 2.43. The van der Waals surface area contributed by atoms with Crippen LogP contribution in [-0.4, -0.2) is 32.8 Å². The summed E-state index contributed by atoms with van der Waals surface area (Å²) in [6.07, 6.45) is 0. The van der Waals surface area contributed by atoms with Gasteiger partial charge in [-0.1, -0.05) is 0 Å². The molecule has 0 fully saturated rings. The summed E-state index contributed by atoms with van der Waals surface area (Å²) in [6.45, 7) is 1.12. The molecule has 1 aromatic rings. The Kier molecular flexibility index (Phi) is 3.26. The molecule has 5 nitrogen and oxygen atoms in total. The standard InChI is InChI=1S/C11H13NO4/c1-14-7-11(13)12-8-2-3-9-10(6-8)16-5-4-15-9/h2-3,6H,4-5,7H2,1H3,(H,12,13). The lowest BCUT2D eigenvalue weighted by molar-refractivity contribution is -0.119. The van der Waals surface area contributed by atoms with E-state index < -0.39 is 0 Å². The highest BCUT2D eigenvalue weighted by Gasteiger charge is 2.12. The smallest absolute Gasteiger partial charge is 0.250 e. The Morgan fingerprint density at radius 3 is 2.88 bits per heavy atom. The predicted molar refractivity (Wildman–Crippen MR) is 57.9 cm³/mol. The molecule has 0 radical (unpaired) electrons. The number of fused-ring (bicyclic) bond motifs is 1. The van der Waals surface area contributed by atoms with Gasteiger partial charge in [-0.3, -0.25) is 4.79 Å². The molecule has 0 unspecified atom stereocenters. The zero-order valence-corrected chi connectivity index (χ0v) is 8.99. The molecular formula is C11H13NO4. The van der Waals surface area contributed by atoms with Crippen LogP contribution in [0.5, 0.6) is 11.5 Å². The van der Waals surface area contributed by atoms with Crippen LogP contribution in [0, 0.1) is 0 Å². The van der Waals surface area contributed by atoms with Gasteiger partial charge in [0.15, 0.2) is 11.5 Å². The average molecular weight is 223 g/mol. The number of hydrogen-bond acceptors (Lipinski definition) is 4. The highest BCUT2D eigenvalue weighted by molar-refractivity contribution is 5.92. The third-order valence-corrected chi connectivity index (χ3v) is 2.10. The molecule has 0 saturated carbocycles. The summed E-state index contributed by atoms with van der Waals surface area (Å²) >= 11 is 0. The molecule has 1 aliphatic rings. The minimum absolute atomic E-state index is 0.0362. The summed E-state index contributed by atoms with van der Waals surface area (Å²) in [7, 11) is 1.48. The lowest BCUT2D eigenvalue weighted by Gasteiger charge is -2.18. The molecule has 1 amide bonds. The van der Waals surface area contributed by atoms with E-state index in [1.54, 1.807) is 18.2 Å². The number of benzene rings is 1. The minimum Gasteiger partial charge on any atom is -0.486 e. The first-order valence-corrected chi connectivity index (χ1v) is 4.98. The van der Waals surface area contributed by atoms with Crippen LogP contribution >= 0.6 is 0 Å². The van der Waals surface area contributed by atoms with E-state index in [1.165, 1.54) is 7.11 Å². The molecule has 0 atom stereocenters. The number of ether oxygens (including phenoxy) is 3. The normalized spacial score (nSPS) is 13.3. The van der Waals surface area contributed by atoms with Crippen molar-refractivity contribution in [2.24, 2.45) is 0 Å². The zero-order valence-electron chi connectivity index (χ0n) is 8.99. The molecule has 86 valence electrons. The van der Waals surface area contributed by atoms with E-state index in [9.17, 15) is 4.79 Å². The number of nitrogens with one attached hydrogen (secondary N) is 1. The first kappa shape index (κ1) is 10.8. The van der Waals surface area contributed by atoms with Crippen LogP contribution < -0.4 is 14.8 Å². The highest BCUT2D eigenvalue weighted by Crippen LogP contribution is 2.32. The van der Waals surface area contributed by atoms with Crippen molar-refractivity contribution in [3.05, 3.63) is 18.2 Å². The second kappa shape index (κ2) is 4.85. The Bertz CT molecular complexity index is 392. The van der Waals surface area contributed by atoms with Crippen LogP contribution in [0.2, 0.25) is 0 Å². The van der Waals surface area contributed by atoms with Gasteiger partial charge >= 0.3 is 0 Å². The fraction of sp³-hybridized carbons (Fsp3) is 0.364. The van der Waals surface area contributed by atoms with Crippen molar-refractivity contribution in [3.8, 4) is 11.5 Å². The van der Waals surface area contributed by atoms with Crippen molar-refractivity contribution in [1.29, 1.82) is 0 Å². The van der Waals surface area contributed by atoms with E-state index in [0.717, 1.165) is 0 Å². The van der Waals surface area contributed by atoms with Gasteiger partial charge in [0.25, 0.3) is 0 Å². The fourth-order valence-corrected chi connectivity index (χ4v) is 1.45. The molecule has 5 heteroatoms. The number of anilines is 1. The van der Waals surface area contributed by atoms with E-state index in [4.69, 9.17) is 14.2 Å². The molecule has 1 aromatic carbocycles. The monoisotopic (exact) mass is 223 g/mol. The van der Waals surface area contributed by atoms with Crippen LogP contribution in [0.15, 0.2) is 18.2 Å². The van der Waals surface area contributed by atoms with E-state index in [0.29, 0.717) is 30.4 Å². The molecule has 0 aliphatic carbocycles. The van der Waals surface area contributed by atoms with Crippen molar-refractivity contribution < 1.29 is 19.0 Å². The summed E-state index contributed by atoms with van der Waals surface area (Å²) < 4.78 is 15.5. The fourth-order valence-electron chi connectivity index (χ4n) is 1.45. The van der Waals surface area contributed by atoms with Crippen LogP contribution in [-0.2, 0) is 9.53 Å². The Morgan fingerprint density at radius 2 is 2.12 bits per heavy atom. The van der Waals surface area contributed by atoms with Crippen LogP contribution in [0.25, 0.3) is 0 Å². The maximum atomic E-state index is 11.3. The van der Waals surface area contributed by atoms with Gasteiger partial charge in [0.05, 0.1) is 0 Å². The predicted octanol–water partition coefficient (Wildman–Crippen LogP) is 1.04. The number of carbonyl (C=O) groups is 1. The number of hydrogen-bond donors (Lipinski definition) is 1. The van der Waals surface area contributed by atoms with Crippen LogP contribution in [0.3, 0.4) is 0 Å². The van der Waals surface area contributed by atoms with Gasteiger partial charge in [-0.05, 0) is 12.1 Å². The maximum absolute atomic E-state index is 11.3. The number of carbonyl (C=O) groups excluding carboxylic acids is 1. The Morgan fingerprint density at radius 1 is 1.38 bits per heavy atom. The SMILES string of the molecule is COCC(=O)Nc1ccc2c(c1)OCCO2. The van der Waals surface area contributed by atoms with Gasteiger partial charge in [0, 0.05) is 18.9 Å². The van der Waals surface area contributed by atoms with Crippen molar-refractivity contribution in [2.75, 3.05) is 32.2 Å². The van der Waals surface area contributed by atoms with Crippen LogP contribution in [0.4, 0.5) is 5.69 Å². The molecule has 0 spiro atoms. The summed E-state index contributed by atoms with van der Waals surface area (Å²) in [5.74, 6) is 1.16. The highest BCUT2D eigenvalue weighted by atomic mass is 16.6. The van der Waals surface area contributed by atoms with Crippen molar-refractivity contribution in [3.63, 3.8) is 0 Å². The second-order valence-electron chi connectivity index (χ2n) is 3.34. The Labute approximate surface area is 93.3 Å². The van der Waals surface area contributed by atoms with Gasteiger partial charge in [0.1, 0.15) is 19.8 Å². The summed E-state index contributed by atoms with van der Waals surface area (Å²) in [5.41, 5.74) is 0.673. The molecule has 2 rings (SSSR count). The van der Waals surface area contributed by atoms with E-state index >= 15 is 0 Å². The first-order chi connectivity index (χ1) is 7.79. The topological polar surface area (TPSA) is 56.8 Å². The summed E-state index contributed by atoms with van der Waals surface area (Å²) in [6, 6.07) is 5.28. The van der Waals surface area contributed by atoms with Gasteiger partial charge < -0.3 is 19.5 Å². The first-order valence-electron chi connectivity index (χ1n) is 4.98. The quantitative estimate of drug-likeness (QED) is 0.831. The molecule has 1 heterocycles. The van der Waals surface area contributed by atoms with Crippen LogP contribution in [0.1, 0.15) is 0 Å². The van der Waals surface area contributed by atoms with E-state index in [2.05, 4.69) is 5.32 Å². The molecule has 0 bridgehead atoms. The van der Waals surface area contributed by atoms with E-state index in [1.807, 2.05) is 0 Å². The van der Waals surface area contributed by atoms with Crippen molar-refractivity contribution in [2.45, 2.75) is 0 Å². The number of rotatable bonds is 3. The minimum atomic E-state index is -0.195. The van der Waals surface area contributed by atoms with Gasteiger partial charge in [-0.15, -0.1) is 0 Å². The molecule has 1 N–H and O–H groups in total. The van der Waals surface area contributed by atoms with Crippen molar-refractivity contribution >= 4 is 11.6 Å². The Hall–Kier alpha value is -1.75. The summed E-state index contributed by atoms with van der Waals surface area (Å²) in [4.78, 5) is 11.3. The third-order valence-electron chi connectivity index (χ3n) is 2.10. The summed E-state index contributed by atoms with van der Waals surface area (Å²) in [5, 5.41) is 2.69. The van der Waals surface area contributed by atoms with Gasteiger partial charge in [-0.2, -0.15) is 0 Å².